The summed E-state index contributed by atoms with van der Waals surface area (Å²) in [6.07, 6.45) is -5.88. The van der Waals surface area contributed by atoms with E-state index in [0.29, 0.717) is 0 Å². The Morgan fingerprint density at radius 2 is 1.31 bits per heavy atom. The first kappa shape index (κ1) is 18.0. The Hall–Kier alpha value is -0.380. The third-order valence-electron chi connectivity index (χ3n) is 1.33. The smallest absolute Gasteiger partial charge is 0.391 e. The second-order valence-electron chi connectivity index (χ2n) is 2.86. The van der Waals surface area contributed by atoms with Crippen LogP contribution >= 0.6 is 7.82 Å². The van der Waals surface area contributed by atoms with Crippen molar-refractivity contribution >= 4 is 14.1 Å². The molecule has 0 fully saturated rings. The zero-order valence-electron chi connectivity index (χ0n) is 8.28. The molecule has 0 saturated heterocycles. The molecular weight excluding hydrogens is 247 g/mol. The number of hydrogen-bond donors (Lipinski definition) is 7. The van der Waals surface area contributed by atoms with E-state index in [1.165, 1.54) is 6.92 Å². The van der Waals surface area contributed by atoms with E-state index in [9.17, 15) is 4.79 Å². The highest BCUT2D eigenvalue weighted by Crippen LogP contribution is 2.25. The number of aldehydes is 1. The fourth-order valence-corrected chi connectivity index (χ4v) is 0.568. The normalized spacial score (nSPS) is 18.8. The predicted octanol–water partition coefficient (Wildman–Crippen LogP) is -3.28. The molecule has 10 heteroatoms. The maximum atomic E-state index is 9.87. The van der Waals surface area contributed by atoms with E-state index < -0.39 is 32.2 Å². The molecule has 0 aromatic heterocycles. The van der Waals surface area contributed by atoms with Gasteiger partial charge in [0.25, 0.3) is 0 Å². The number of aliphatic hydroxyl groups excluding tert-OH is 4. The molecule has 0 aliphatic carbocycles. The van der Waals surface area contributed by atoms with E-state index in [-0.39, 0.29) is 6.29 Å². The van der Waals surface area contributed by atoms with E-state index >= 15 is 0 Å². The standard InChI is InChI=1S/C6H12O5.H3O4P/c1-3(8)5(10)6(11)4(9)2-7;1-5(2,3)4/h2-6,8-11H,1H3;(H3,1,2,3,4)/t3-,4+,5-,6-;/m1./s1. The zero-order chi connectivity index (χ0) is 13.5. The van der Waals surface area contributed by atoms with Gasteiger partial charge in [0.05, 0.1) is 6.10 Å². The molecule has 0 heterocycles. The number of phosphoric acid groups is 1. The molecule has 4 atom stereocenters. The first-order chi connectivity index (χ1) is 7.00. The van der Waals surface area contributed by atoms with Gasteiger partial charge in [-0.1, -0.05) is 0 Å². The van der Waals surface area contributed by atoms with E-state index in [2.05, 4.69) is 0 Å². The topological polar surface area (TPSA) is 176 Å². The molecule has 7 N–H and O–H groups in total. The number of carbonyl (C=O) groups is 1. The van der Waals surface area contributed by atoms with Crippen LogP contribution in [0.5, 0.6) is 0 Å². The van der Waals surface area contributed by atoms with Gasteiger partial charge < -0.3 is 39.9 Å². The van der Waals surface area contributed by atoms with Crippen LogP contribution in [-0.2, 0) is 9.36 Å². The molecule has 0 unspecified atom stereocenters. The van der Waals surface area contributed by atoms with Gasteiger partial charge in [0.1, 0.15) is 18.3 Å². The van der Waals surface area contributed by atoms with Crippen LogP contribution in [0.15, 0.2) is 0 Å². The summed E-state index contributed by atoms with van der Waals surface area (Å²) >= 11 is 0. The molecular formula is C6H15O9P. The maximum absolute atomic E-state index is 9.87. The van der Waals surface area contributed by atoms with Gasteiger partial charge in [-0.2, -0.15) is 0 Å². The van der Waals surface area contributed by atoms with Crippen LogP contribution in [0.3, 0.4) is 0 Å². The van der Waals surface area contributed by atoms with Crippen LogP contribution in [0.2, 0.25) is 0 Å². The molecule has 0 saturated carbocycles. The Morgan fingerprint density at radius 3 is 1.50 bits per heavy atom. The highest BCUT2D eigenvalue weighted by molar-refractivity contribution is 7.45. The predicted molar refractivity (Wildman–Crippen MR) is 50.0 cm³/mol. The summed E-state index contributed by atoms with van der Waals surface area (Å²) in [5, 5.41) is 35.1. The highest BCUT2D eigenvalue weighted by Gasteiger charge is 2.27. The second-order valence-corrected chi connectivity index (χ2v) is 3.89. The average Bonchev–Trinajstić information content (AvgIpc) is 2.11. The third kappa shape index (κ3) is 11.7. The summed E-state index contributed by atoms with van der Waals surface area (Å²) in [5.74, 6) is 0. The molecule has 0 aliphatic rings. The molecule has 0 amide bonds. The highest BCUT2D eigenvalue weighted by atomic mass is 31.2. The first-order valence-corrected chi connectivity index (χ1v) is 5.53. The third-order valence-corrected chi connectivity index (χ3v) is 1.33. The van der Waals surface area contributed by atoms with Crippen LogP contribution in [0.25, 0.3) is 0 Å². The van der Waals surface area contributed by atoms with Crippen LogP contribution in [-0.4, -0.2) is 65.8 Å². The largest absolute Gasteiger partial charge is 0.466 e. The summed E-state index contributed by atoms with van der Waals surface area (Å²) < 4.78 is 8.88. The fraction of sp³-hybridized carbons (Fsp3) is 0.833. The molecule has 9 nitrogen and oxygen atoms in total. The minimum atomic E-state index is -4.64. The van der Waals surface area contributed by atoms with E-state index in [4.69, 9.17) is 39.7 Å². The van der Waals surface area contributed by atoms with Crippen LogP contribution < -0.4 is 0 Å². The Kier molecular flexibility index (Phi) is 8.80. The Bertz CT molecular complexity index is 228. The Balaban J connectivity index is 0. The average molecular weight is 262 g/mol. The first-order valence-electron chi connectivity index (χ1n) is 3.96. The molecule has 0 rings (SSSR count). The van der Waals surface area contributed by atoms with E-state index in [0.717, 1.165) is 0 Å². The van der Waals surface area contributed by atoms with Crippen molar-refractivity contribution in [2.45, 2.75) is 31.3 Å². The van der Waals surface area contributed by atoms with E-state index in [1.54, 1.807) is 0 Å². The minimum absolute atomic E-state index is 0.0935. The summed E-state index contributed by atoms with van der Waals surface area (Å²) in [6, 6.07) is 0. The van der Waals surface area contributed by atoms with Crippen molar-refractivity contribution in [3.05, 3.63) is 0 Å². The second kappa shape index (κ2) is 7.82. The fourth-order valence-electron chi connectivity index (χ4n) is 0.568. The number of rotatable bonds is 4. The van der Waals surface area contributed by atoms with Crippen LogP contribution in [0.4, 0.5) is 0 Å². The van der Waals surface area contributed by atoms with Gasteiger partial charge in [-0.05, 0) is 6.92 Å². The van der Waals surface area contributed by atoms with Gasteiger partial charge in [-0.25, -0.2) is 4.57 Å². The van der Waals surface area contributed by atoms with Crippen molar-refractivity contribution in [3.63, 3.8) is 0 Å². The molecule has 0 aromatic rings. The summed E-state index contributed by atoms with van der Waals surface area (Å²) in [4.78, 5) is 31.4. The lowest BCUT2D eigenvalue weighted by atomic mass is 10.1. The van der Waals surface area contributed by atoms with Gasteiger partial charge in [-0.3, -0.25) is 0 Å². The van der Waals surface area contributed by atoms with E-state index in [1.807, 2.05) is 0 Å². The van der Waals surface area contributed by atoms with Crippen molar-refractivity contribution in [2.24, 2.45) is 0 Å². The lowest BCUT2D eigenvalue weighted by Gasteiger charge is -2.21. The summed E-state index contributed by atoms with van der Waals surface area (Å²) in [6.45, 7) is 1.24. The number of hydrogen-bond acceptors (Lipinski definition) is 6. The van der Waals surface area contributed by atoms with Gasteiger partial charge >= 0.3 is 7.82 Å². The van der Waals surface area contributed by atoms with Gasteiger partial charge in [0, 0.05) is 0 Å². The Labute approximate surface area is 90.8 Å². The maximum Gasteiger partial charge on any atom is 0.466 e. The lowest BCUT2D eigenvalue weighted by Crippen LogP contribution is -2.43. The quantitative estimate of drug-likeness (QED) is 0.202. The summed E-state index contributed by atoms with van der Waals surface area (Å²) in [5.41, 5.74) is 0. The Morgan fingerprint density at radius 1 is 1.00 bits per heavy atom. The SMILES string of the molecule is C[C@@H](O)[C@@H](O)[C@H](O)[C@@H](O)C=O.O=P(O)(O)O. The monoisotopic (exact) mass is 262 g/mol. The minimum Gasteiger partial charge on any atom is -0.391 e. The molecule has 0 aromatic carbocycles. The van der Waals surface area contributed by atoms with Crippen LogP contribution in [0.1, 0.15) is 6.92 Å². The van der Waals surface area contributed by atoms with Gasteiger partial charge in [0.2, 0.25) is 0 Å². The van der Waals surface area contributed by atoms with Crippen molar-refractivity contribution in [1.29, 1.82) is 0 Å². The van der Waals surface area contributed by atoms with Crippen molar-refractivity contribution in [1.82, 2.24) is 0 Å². The van der Waals surface area contributed by atoms with Crippen molar-refractivity contribution in [3.8, 4) is 0 Å². The number of aliphatic hydroxyl groups is 4. The molecule has 98 valence electrons. The van der Waals surface area contributed by atoms with Crippen LogP contribution in [0, 0.1) is 0 Å². The number of carbonyl (C=O) groups excluding carboxylic acids is 1. The zero-order valence-corrected chi connectivity index (χ0v) is 9.18. The molecule has 0 radical (unpaired) electrons. The van der Waals surface area contributed by atoms with Crippen molar-refractivity contribution in [2.75, 3.05) is 0 Å². The molecule has 0 spiro atoms. The molecule has 0 aliphatic heterocycles. The molecule has 16 heavy (non-hydrogen) atoms. The molecule has 0 bridgehead atoms. The van der Waals surface area contributed by atoms with Crippen molar-refractivity contribution < 1.29 is 44.5 Å². The van der Waals surface area contributed by atoms with Gasteiger partial charge in [0.15, 0.2) is 6.29 Å². The lowest BCUT2D eigenvalue weighted by molar-refractivity contribution is -0.132. The summed E-state index contributed by atoms with van der Waals surface area (Å²) in [7, 11) is -4.64. The van der Waals surface area contributed by atoms with Gasteiger partial charge in [-0.15, -0.1) is 0 Å².